The lowest BCUT2D eigenvalue weighted by Crippen LogP contribution is -2.44. The minimum atomic E-state index is -0.149. The van der Waals surface area contributed by atoms with E-state index in [1.165, 1.54) is 19.3 Å². The Kier molecular flexibility index (Phi) is 4.48. The molecule has 3 unspecified atom stereocenters. The monoisotopic (exact) mass is 266 g/mol. The van der Waals surface area contributed by atoms with Crippen LogP contribution >= 0.6 is 0 Å². The van der Waals surface area contributed by atoms with Crippen molar-refractivity contribution in [3.63, 3.8) is 0 Å². The molecule has 1 heterocycles. The van der Waals surface area contributed by atoms with Gasteiger partial charge in [-0.15, -0.1) is 0 Å². The predicted octanol–water partition coefficient (Wildman–Crippen LogP) is 1.94. The molecule has 4 nitrogen and oxygen atoms in total. The van der Waals surface area contributed by atoms with Crippen molar-refractivity contribution < 1.29 is 9.59 Å². The Balaban J connectivity index is 1.89. The molecule has 0 spiro atoms. The molecule has 108 valence electrons. The van der Waals surface area contributed by atoms with Gasteiger partial charge in [0.15, 0.2) is 0 Å². The van der Waals surface area contributed by atoms with Crippen LogP contribution in [0, 0.1) is 11.8 Å². The van der Waals surface area contributed by atoms with Crippen LogP contribution in [0.25, 0.3) is 0 Å². The maximum atomic E-state index is 12.3. The third kappa shape index (κ3) is 3.28. The van der Waals surface area contributed by atoms with Crippen LogP contribution in [-0.2, 0) is 9.59 Å². The van der Waals surface area contributed by atoms with Crippen LogP contribution in [-0.4, -0.2) is 35.3 Å². The minimum absolute atomic E-state index is 0.0789. The van der Waals surface area contributed by atoms with E-state index < -0.39 is 0 Å². The van der Waals surface area contributed by atoms with Crippen molar-refractivity contribution in [1.29, 1.82) is 0 Å². The molecule has 1 N–H and O–H groups in total. The minimum Gasteiger partial charge on any atom is -0.353 e. The Morgan fingerprint density at radius 3 is 2.58 bits per heavy atom. The van der Waals surface area contributed by atoms with E-state index in [0.717, 1.165) is 6.42 Å². The molecule has 1 aliphatic carbocycles. The van der Waals surface area contributed by atoms with Gasteiger partial charge in [0, 0.05) is 25.0 Å². The third-order valence-corrected chi connectivity index (χ3v) is 4.59. The van der Waals surface area contributed by atoms with Gasteiger partial charge in [-0.1, -0.05) is 19.8 Å². The molecule has 3 atom stereocenters. The lowest BCUT2D eigenvalue weighted by molar-refractivity contribution is -0.130. The van der Waals surface area contributed by atoms with Crippen molar-refractivity contribution in [3.8, 4) is 0 Å². The summed E-state index contributed by atoms with van der Waals surface area (Å²) in [5.74, 6) is 0.613. The number of nitrogens with one attached hydrogen (secondary N) is 1. The smallest absolute Gasteiger partial charge is 0.225 e. The van der Waals surface area contributed by atoms with Crippen LogP contribution in [0.2, 0.25) is 0 Å². The number of likely N-dealkylation sites (tertiary alicyclic amines) is 1. The molecule has 2 rings (SSSR count). The fourth-order valence-electron chi connectivity index (χ4n) is 3.24. The van der Waals surface area contributed by atoms with Gasteiger partial charge in [0.2, 0.25) is 11.8 Å². The van der Waals surface area contributed by atoms with E-state index in [-0.39, 0.29) is 23.8 Å². The summed E-state index contributed by atoms with van der Waals surface area (Å²) >= 11 is 0. The second-order valence-corrected chi connectivity index (χ2v) is 6.42. The van der Waals surface area contributed by atoms with E-state index in [1.54, 1.807) is 0 Å². The van der Waals surface area contributed by atoms with Crippen LogP contribution in [0.15, 0.2) is 0 Å². The number of amides is 2. The highest BCUT2D eigenvalue weighted by Gasteiger charge is 2.36. The summed E-state index contributed by atoms with van der Waals surface area (Å²) in [5.41, 5.74) is 0. The zero-order valence-electron chi connectivity index (χ0n) is 12.3. The van der Waals surface area contributed by atoms with Crippen molar-refractivity contribution in [1.82, 2.24) is 10.2 Å². The van der Waals surface area contributed by atoms with Gasteiger partial charge >= 0.3 is 0 Å². The van der Waals surface area contributed by atoms with Gasteiger partial charge < -0.3 is 10.2 Å². The van der Waals surface area contributed by atoms with Crippen LogP contribution in [0.3, 0.4) is 0 Å². The van der Waals surface area contributed by atoms with Crippen molar-refractivity contribution in [2.24, 2.45) is 11.8 Å². The Morgan fingerprint density at radius 2 is 2.00 bits per heavy atom. The standard InChI is InChI=1S/C15H26N2O2/c1-10(2)17-9-12(8-14(17)18)15(19)16-13-7-5-4-6-11(13)3/h10-13H,4-9H2,1-3H3,(H,16,19). The highest BCUT2D eigenvalue weighted by Crippen LogP contribution is 2.25. The fourth-order valence-corrected chi connectivity index (χ4v) is 3.24. The van der Waals surface area contributed by atoms with E-state index in [9.17, 15) is 9.59 Å². The molecular formula is C15H26N2O2. The van der Waals surface area contributed by atoms with Gasteiger partial charge in [0.1, 0.15) is 0 Å². The molecule has 1 saturated heterocycles. The SMILES string of the molecule is CC1CCCCC1NC(=O)C1CC(=O)N(C(C)C)C1. The maximum absolute atomic E-state index is 12.3. The average Bonchev–Trinajstić information content (AvgIpc) is 2.74. The van der Waals surface area contributed by atoms with E-state index in [4.69, 9.17) is 0 Å². The summed E-state index contributed by atoms with van der Waals surface area (Å²) in [6.45, 7) is 6.80. The molecular weight excluding hydrogens is 240 g/mol. The molecule has 2 aliphatic rings. The van der Waals surface area contributed by atoms with Gasteiger partial charge in [-0.25, -0.2) is 0 Å². The third-order valence-electron chi connectivity index (χ3n) is 4.59. The normalized spacial score (nSPS) is 31.9. The molecule has 0 radical (unpaired) electrons. The van der Waals surface area contributed by atoms with Crippen molar-refractivity contribution in [2.45, 2.75) is 65.0 Å². The zero-order chi connectivity index (χ0) is 14.0. The van der Waals surface area contributed by atoms with Crippen LogP contribution in [0.4, 0.5) is 0 Å². The predicted molar refractivity (Wildman–Crippen MR) is 74.5 cm³/mol. The zero-order valence-corrected chi connectivity index (χ0v) is 12.3. The number of nitrogens with zero attached hydrogens (tertiary/aromatic N) is 1. The molecule has 2 amide bonds. The molecule has 19 heavy (non-hydrogen) atoms. The molecule has 0 aromatic rings. The number of carbonyl (C=O) groups excluding carboxylic acids is 2. The van der Waals surface area contributed by atoms with E-state index in [0.29, 0.717) is 24.9 Å². The molecule has 1 saturated carbocycles. The first-order valence-corrected chi connectivity index (χ1v) is 7.59. The van der Waals surface area contributed by atoms with Crippen LogP contribution < -0.4 is 5.32 Å². The number of rotatable bonds is 3. The quantitative estimate of drug-likeness (QED) is 0.848. The van der Waals surface area contributed by atoms with Gasteiger partial charge in [-0.2, -0.15) is 0 Å². The van der Waals surface area contributed by atoms with Gasteiger partial charge in [-0.05, 0) is 32.6 Å². The Labute approximate surface area is 115 Å². The summed E-state index contributed by atoms with van der Waals surface area (Å²) in [6, 6.07) is 0.503. The number of carbonyl (C=O) groups is 2. The van der Waals surface area contributed by atoms with Crippen molar-refractivity contribution >= 4 is 11.8 Å². The largest absolute Gasteiger partial charge is 0.353 e. The first-order chi connectivity index (χ1) is 8.99. The first-order valence-electron chi connectivity index (χ1n) is 7.59. The molecule has 0 bridgehead atoms. The molecule has 0 aromatic carbocycles. The Hall–Kier alpha value is -1.06. The number of hydrogen-bond donors (Lipinski definition) is 1. The van der Waals surface area contributed by atoms with Crippen LogP contribution in [0.1, 0.15) is 52.9 Å². The number of hydrogen-bond acceptors (Lipinski definition) is 2. The summed E-state index contributed by atoms with van der Waals surface area (Å²) in [5, 5.41) is 3.17. The highest BCUT2D eigenvalue weighted by atomic mass is 16.2. The second-order valence-electron chi connectivity index (χ2n) is 6.42. The van der Waals surface area contributed by atoms with Crippen molar-refractivity contribution in [3.05, 3.63) is 0 Å². The van der Waals surface area contributed by atoms with Gasteiger partial charge in [0.05, 0.1) is 5.92 Å². The lowest BCUT2D eigenvalue weighted by Gasteiger charge is -2.30. The Bertz CT molecular complexity index is 354. The highest BCUT2D eigenvalue weighted by molar-refractivity contribution is 5.89. The second kappa shape index (κ2) is 5.93. The first kappa shape index (κ1) is 14.4. The lowest BCUT2D eigenvalue weighted by atomic mass is 9.85. The molecule has 0 aromatic heterocycles. The summed E-state index contributed by atoms with van der Waals surface area (Å²) in [7, 11) is 0. The van der Waals surface area contributed by atoms with E-state index in [1.807, 2.05) is 18.7 Å². The molecule has 1 aliphatic heterocycles. The Morgan fingerprint density at radius 1 is 1.32 bits per heavy atom. The van der Waals surface area contributed by atoms with E-state index >= 15 is 0 Å². The fraction of sp³-hybridized carbons (Fsp3) is 0.867. The van der Waals surface area contributed by atoms with Gasteiger partial charge in [-0.3, -0.25) is 9.59 Å². The van der Waals surface area contributed by atoms with Crippen molar-refractivity contribution in [2.75, 3.05) is 6.54 Å². The summed E-state index contributed by atoms with van der Waals surface area (Å²) < 4.78 is 0. The summed E-state index contributed by atoms with van der Waals surface area (Å²) in [4.78, 5) is 25.9. The average molecular weight is 266 g/mol. The topological polar surface area (TPSA) is 49.4 Å². The maximum Gasteiger partial charge on any atom is 0.225 e. The van der Waals surface area contributed by atoms with E-state index in [2.05, 4.69) is 12.2 Å². The molecule has 4 heteroatoms. The van der Waals surface area contributed by atoms with Gasteiger partial charge in [0.25, 0.3) is 0 Å². The molecule has 2 fully saturated rings. The van der Waals surface area contributed by atoms with Crippen LogP contribution in [0.5, 0.6) is 0 Å². The summed E-state index contributed by atoms with van der Waals surface area (Å²) in [6.07, 6.45) is 5.15.